The summed E-state index contributed by atoms with van der Waals surface area (Å²) in [6, 6.07) is 0. The molecule has 5 heteroatoms. The maximum atomic E-state index is 12.5. The molecule has 3 aliphatic carbocycles. The zero-order valence-corrected chi connectivity index (χ0v) is 15.6. The highest BCUT2D eigenvalue weighted by molar-refractivity contribution is 5.76. The topological polar surface area (TPSA) is 26.3 Å². The van der Waals surface area contributed by atoms with Crippen molar-refractivity contribution in [1.82, 2.24) is 0 Å². The summed E-state index contributed by atoms with van der Waals surface area (Å²) in [6.07, 6.45) is 3.83. The van der Waals surface area contributed by atoms with E-state index in [-0.39, 0.29) is 16.6 Å². The van der Waals surface area contributed by atoms with Crippen molar-refractivity contribution in [2.45, 2.75) is 78.8 Å². The molecule has 0 bridgehead atoms. The maximum Gasteiger partial charge on any atom is 0.491 e. The van der Waals surface area contributed by atoms with Gasteiger partial charge in [0, 0.05) is 6.42 Å². The summed E-state index contributed by atoms with van der Waals surface area (Å²) in [5, 5.41) is 0. The molecule has 0 heterocycles. The first-order chi connectivity index (χ1) is 11.4. The normalized spacial score (nSPS) is 40.5. The largest absolute Gasteiger partial charge is 0.491 e. The van der Waals surface area contributed by atoms with Crippen LogP contribution in [-0.4, -0.2) is 12.1 Å². The van der Waals surface area contributed by atoms with Gasteiger partial charge < -0.3 is 4.74 Å². The average molecular weight is 358 g/mol. The molecule has 0 unspecified atom stereocenters. The quantitative estimate of drug-likeness (QED) is 0.536. The lowest BCUT2D eigenvalue weighted by atomic mass is 9.42. The van der Waals surface area contributed by atoms with E-state index in [1.807, 2.05) is 6.08 Å². The number of halogens is 3. The number of alkyl halides is 3. The fourth-order valence-corrected chi connectivity index (χ4v) is 6.50. The van der Waals surface area contributed by atoms with Gasteiger partial charge in [-0.05, 0) is 66.3 Å². The summed E-state index contributed by atoms with van der Waals surface area (Å²) in [5.41, 5.74) is 0.351. The van der Waals surface area contributed by atoms with Gasteiger partial charge in [-0.25, -0.2) is 4.79 Å². The van der Waals surface area contributed by atoms with E-state index in [4.69, 9.17) is 0 Å². The molecule has 0 N–H and O–H groups in total. The van der Waals surface area contributed by atoms with Crippen molar-refractivity contribution < 1.29 is 22.7 Å². The molecule has 2 saturated carbocycles. The molecular weight excluding hydrogens is 329 g/mol. The molecule has 2 fully saturated rings. The third-order valence-electron chi connectivity index (χ3n) is 7.47. The van der Waals surface area contributed by atoms with Gasteiger partial charge in [0.05, 0.1) is 0 Å². The third-order valence-corrected chi connectivity index (χ3v) is 7.47. The highest BCUT2D eigenvalue weighted by atomic mass is 19.4. The van der Waals surface area contributed by atoms with E-state index in [2.05, 4.69) is 32.4 Å². The van der Waals surface area contributed by atoms with Gasteiger partial charge in [0.15, 0.2) is 0 Å². The smallest absolute Gasteiger partial charge is 0.425 e. The van der Waals surface area contributed by atoms with Crippen LogP contribution in [-0.2, 0) is 9.53 Å². The number of ether oxygens (including phenoxy) is 1. The lowest BCUT2D eigenvalue weighted by Gasteiger charge is -2.63. The summed E-state index contributed by atoms with van der Waals surface area (Å²) < 4.78 is 42.2. The van der Waals surface area contributed by atoms with Crippen LogP contribution in [0, 0.1) is 28.1 Å². The Hall–Kier alpha value is -1.00. The molecule has 0 spiro atoms. The van der Waals surface area contributed by atoms with E-state index in [1.54, 1.807) is 0 Å². The first-order valence-electron chi connectivity index (χ1n) is 9.39. The van der Waals surface area contributed by atoms with Crippen LogP contribution in [0.4, 0.5) is 13.2 Å². The number of carbonyl (C=O) groups excluding carboxylic acids is 1. The molecule has 0 aromatic rings. The van der Waals surface area contributed by atoms with Gasteiger partial charge in [-0.3, -0.25) is 0 Å². The van der Waals surface area contributed by atoms with Crippen LogP contribution in [0.3, 0.4) is 0 Å². The second-order valence-electron chi connectivity index (χ2n) is 9.53. The van der Waals surface area contributed by atoms with Crippen LogP contribution >= 0.6 is 0 Å². The molecular formula is C20H29F3O2. The molecule has 0 radical (unpaired) electrons. The first-order valence-corrected chi connectivity index (χ1v) is 9.39. The maximum absolute atomic E-state index is 12.5. The minimum absolute atomic E-state index is 0.182. The Bertz CT molecular complexity index is 592. The van der Waals surface area contributed by atoms with Crippen molar-refractivity contribution in [3.63, 3.8) is 0 Å². The molecule has 0 amide bonds. The molecule has 0 aromatic heterocycles. The number of allylic oxidation sites excluding steroid dienone is 2. The predicted molar refractivity (Wildman–Crippen MR) is 89.5 cm³/mol. The fraction of sp³-hybridized carbons (Fsp3) is 0.850. The third kappa shape index (κ3) is 3.12. The molecule has 25 heavy (non-hydrogen) atoms. The monoisotopic (exact) mass is 358 g/mol. The number of hydrogen-bond acceptors (Lipinski definition) is 2. The van der Waals surface area contributed by atoms with Crippen molar-refractivity contribution in [2.75, 3.05) is 0 Å². The summed E-state index contributed by atoms with van der Waals surface area (Å²) in [4.78, 5) is 11.2. The van der Waals surface area contributed by atoms with Gasteiger partial charge in [0.2, 0.25) is 0 Å². The van der Waals surface area contributed by atoms with E-state index in [0.29, 0.717) is 23.7 Å². The van der Waals surface area contributed by atoms with E-state index < -0.39 is 12.1 Å². The Morgan fingerprint density at radius 2 is 1.76 bits per heavy atom. The van der Waals surface area contributed by atoms with Gasteiger partial charge in [0.1, 0.15) is 5.76 Å². The molecule has 142 valence electrons. The number of esters is 1. The van der Waals surface area contributed by atoms with E-state index in [9.17, 15) is 18.0 Å². The van der Waals surface area contributed by atoms with Crippen molar-refractivity contribution in [3.05, 3.63) is 11.8 Å². The molecule has 0 aromatic carbocycles. The zero-order chi connectivity index (χ0) is 18.7. The summed E-state index contributed by atoms with van der Waals surface area (Å²) in [6.45, 7) is 9.27. The highest BCUT2D eigenvalue weighted by Gasteiger charge is 2.58. The van der Waals surface area contributed by atoms with Crippen molar-refractivity contribution in [1.29, 1.82) is 0 Å². The fourth-order valence-electron chi connectivity index (χ4n) is 6.50. The van der Waals surface area contributed by atoms with Crippen LogP contribution in [0.5, 0.6) is 0 Å². The van der Waals surface area contributed by atoms with E-state index in [0.717, 1.165) is 19.3 Å². The standard InChI is InChI=1S/C20H29F3O2/c1-17(2)9-5-10-19(4)14(17)8-11-18(3)12-13(6-7-15(18)19)25-16(24)20(21,22)23/h12,14-15H,5-11H2,1-4H3/t14-,15-,18-,19-/m0/s1. The average Bonchev–Trinajstić information content (AvgIpc) is 2.44. The second kappa shape index (κ2) is 5.75. The van der Waals surface area contributed by atoms with Gasteiger partial charge in [0.25, 0.3) is 0 Å². The number of rotatable bonds is 1. The van der Waals surface area contributed by atoms with Crippen molar-refractivity contribution in [2.24, 2.45) is 28.1 Å². The Morgan fingerprint density at radius 1 is 1.08 bits per heavy atom. The summed E-state index contributed by atoms with van der Waals surface area (Å²) >= 11 is 0. The molecule has 3 aliphatic rings. The van der Waals surface area contributed by atoms with Crippen LogP contribution in [0.15, 0.2) is 11.8 Å². The van der Waals surface area contributed by atoms with Crippen LogP contribution in [0.1, 0.15) is 72.6 Å². The lowest BCUT2D eigenvalue weighted by molar-refractivity contribution is -0.196. The Kier molecular flexibility index (Phi) is 4.32. The Labute approximate surface area is 148 Å². The number of hydrogen-bond donors (Lipinski definition) is 0. The number of carbonyl (C=O) groups is 1. The first kappa shape index (κ1) is 18.8. The molecule has 4 atom stereocenters. The van der Waals surface area contributed by atoms with Crippen molar-refractivity contribution in [3.8, 4) is 0 Å². The highest BCUT2D eigenvalue weighted by Crippen LogP contribution is 2.66. The molecule has 0 saturated heterocycles. The lowest BCUT2D eigenvalue weighted by Crippen LogP contribution is -2.55. The van der Waals surface area contributed by atoms with Crippen LogP contribution in [0.2, 0.25) is 0 Å². The Balaban J connectivity index is 1.86. The van der Waals surface area contributed by atoms with Crippen molar-refractivity contribution >= 4 is 5.97 Å². The zero-order valence-electron chi connectivity index (χ0n) is 15.6. The number of fused-ring (bicyclic) bond motifs is 3. The summed E-state index contributed by atoms with van der Waals surface area (Å²) in [7, 11) is 0. The molecule has 0 aliphatic heterocycles. The van der Waals surface area contributed by atoms with Gasteiger partial charge in [-0.15, -0.1) is 0 Å². The second-order valence-corrected chi connectivity index (χ2v) is 9.53. The van der Waals surface area contributed by atoms with E-state index >= 15 is 0 Å². The SMILES string of the molecule is CC1(C)CCC[C@]2(C)[C@H]3CCC(OC(=O)C(F)(F)F)=C[C@]3(C)CC[C@@H]12. The van der Waals surface area contributed by atoms with E-state index in [1.165, 1.54) is 19.3 Å². The van der Waals surface area contributed by atoms with Gasteiger partial charge in [-0.1, -0.05) is 34.1 Å². The summed E-state index contributed by atoms with van der Waals surface area (Å²) in [5.74, 6) is -0.802. The van der Waals surface area contributed by atoms with Crippen LogP contribution < -0.4 is 0 Å². The van der Waals surface area contributed by atoms with Gasteiger partial charge >= 0.3 is 12.1 Å². The minimum atomic E-state index is -4.93. The van der Waals surface area contributed by atoms with Gasteiger partial charge in [-0.2, -0.15) is 13.2 Å². The predicted octanol–water partition coefficient (Wildman–Crippen LogP) is 6.02. The van der Waals surface area contributed by atoms with Crippen LogP contribution in [0.25, 0.3) is 0 Å². The molecule has 2 nitrogen and oxygen atoms in total. The molecule has 3 rings (SSSR count). The Morgan fingerprint density at radius 3 is 2.40 bits per heavy atom. The minimum Gasteiger partial charge on any atom is -0.425 e.